The van der Waals surface area contributed by atoms with Gasteiger partial charge in [0.15, 0.2) is 6.61 Å². The minimum Gasteiger partial charge on any atom is -0.484 e. The van der Waals surface area contributed by atoms with Crippen molar-refractivity contribution in [3.05, 3.63) is 56.5 Å². The summed E-state index contributed by atoms with van der Waals surface area (Å²) in [4.78, 5) is 23.8. The molecule has 0 radical (unpaired) electrons. The quantitative estimate of drug-likeness (QED) is 0.648. The van der Waals surface area contributed by atoms with Crippen LogP contribution in [0.3, 0.4) is 0 Å². The first-order valence-corrected chi connectivity index (χ1v) is 9.15. The van der Waals surface area contributed by atoms with Crippen molar-refractivity contribution in [3.63, 3.8) is 0 Å². The Hall–Kier alpha value is -2.05. The van der Waals surface area contributed by atoms with Crippen LogP contribution in [0.1, 0.15) is 28.4 Å². The van der Waals surface area contributed by atoms with Crippen LogP contribution in [0.2, 0.25) is 5.02 Å². The van der Waals surface area contributed by atoms with Crippen LogP contribution in [0.4, 0.5) is 5.69 Å². The van der Waals surface area contributed by atoms with Crippen molar-refractivity contribution in [2.45, 2.75) is 20.8 Å². The fourth-order valence-corrected chi connectivity index (χ4v) is 2.79. The Kier molecular flexibility index (Phi) is 7.06. The van der Waals surface area contributed by atoms with Gasteiger partial charge >= 0.3 is 5.97 Å². The maximum atomic E-state index is 12.1. The second kappa shape index (κ2) is 9.05. The lowest BCUT2D eigenvalue weighted by Crippen LogP contribution is -2.20. The highest BCUT2D eigenvalue weighted by Crippen LogP contribution is 2.26. The average Bonchev–Trinajstić information content (AvgIpc) is 2.58. The van der Waals surface area contributed by atoms with Crippen LogP contribution in [0.5, 0.6) is 5.75 Å². The predicted molar refractivity (Wildman–Crippen MR) is 105 cm³/mol. The van der Waals surface area contributed by atoms with E-state index in [1.807, 2.05) is 26.0 Å². The largest absolute Gasteiger partial charge is 0.484 e. The number of aryl methyl sites for hydroxylation is 2. The minimum atomic E-state index is -0.500. The van der Waals surface area contributed by atoms with E-state index in [0.29, 0.717) is 11.4 Å². The van der Waals surface area contributed by atoms with E-state index in [1.165, 1.54) is 12.1 Å². The zero-order valence-electron chi connectivity index (χ0n) is 14.7. The maximum Gasteiger partial charge on any atom is 0.339 e. The van der Waals surface area contributed by atoms with Crippen LogP contribution in [-0.4, -0.2) is 25.1 Å². The summed E-state index contributed by atoms with van der Waals surface area (Å²) < 4.78 is 11.5. The van der Waals surface area contributed by atoms with Crippen molar-refractivity contribution in [3.8, 4) is 5.75 Å². The van der Waals surface area contributed by atoms with Crippen LogP contribution in [0, 0.1) is 13.8 Å². The van der Waals surface area contributed by atoms with Gasteiger partial charge < -0.3 is 14.8 Å². The van der Waals surface area contributed by atoms with E-state index >= 15 is 0 Å². The number of nitrogens with one attached hydrogen (secondary N) is 1. The standard InChI is InChI=1S/C19H19BrClNO4/c1-4-25-19(24)15-6-5-13(9-16(15)21)22-17(23)10-26-14-7-11(2)18(20)12(3)8-14/h5-9H,4,10H2,1-3H3,(H,22,23). The second-order valence-electron chi connectivity index (χ2n) is 5.62. The van der Waals surface area contributed by atoms with E-state index in [4.69, 9.17) is 21.1 Å². The van der Waals surface area contributed by atoms with Crippen molar-refractivity contribution in [1.82, 2.24) is 0 Å². The van der Waals surface area contributed by atoms with Crippen molar-refractivity contribution >= 4 is 45.1 Å². The number of anilines is 1. The van der Waals surface area contributed by atoms with E-state index < -0.39 is 5.97 Å². The molecule has 5 nitrogen and oxygen atoms in total. The predicted octanol–water partition coefficient (Wildman–Crippen LogP) is 4.91. The van der Waals surface area contributed by atoms with Gasteiger partial charge in [0.05, 0.1) is 17.2 Å². The number of amides is 1. The molecule has 0 fully saturated rings. The minimum absolute atomic E-state index is 0.141. The lowest BCUT2D eigenvalue weighted by molar-refractivity contribution is -0.118. The molecule has 0 saturated carbocycles. The van der Waals surface area contributed by atoms with Gasteiger partial charge in [-0.2, -0.15) is 0 Å². The molecule has 0 spiro atoms. The number of ether oxygens (including phenoxy) is 2. The Morgan fingerprint density at radius 2 is 1.81 bits per heavy atom. The van der Waals surface area contributed by atoms with Gasteiger partial charge in [-0.1, -0.05) is 27.5 Å². The molecule has 1 N–H and O–H groups in total. The number of esters is 1. The van der Waals surface area contributed by atoms with Crippen LogP contribution >= 0.6 is 27.5 Å². The Balaban J connectivity index is 1.98. The summed E-state index contributed by atoms with van der Waals surface area (Å²) in [6.07, 6.45) is 0. The molecule has 0 heterocycles. The van der Waals surface area contributed by atoms with Gasteiger partial charge in [0.1, 0.15) is 5.75 Å². The first-order valence-electron chi connectivity index (χ1n) is 7.98. The zero-order chi connectivity index (χ0) is 19.3. The first kappa shape index (κ1) is 20.3. The molecule has 0 aromatic heterocycles. The molecule has 0 aliphatic carbocycles. The molecule has 0 saturated heterocycles. The lowest BCUT2D eigenvalue weighted by atomic mass is 10.1. The summed E-state index contributed by atoms with van der Waals surface area (Å²) >= 11 is 9.57. The van der Waals surface area contributed by atoms with Crippen molar-refractivity contribution < 1.29 is 19.1 Å². The van der Waals surface area contributed by atoms with E-state index in [-0.39, 0.29) is 29.7 Å². The number of halogens is 2. The lowest BCUT2D eigenvalue weighted by Gasteiger charge is -2.11. The van der Waals surface area contributed by atoms with Crippen molar-refractivity contribution in [2.24, 2.45) is 0 Å². The number of benzene rings is 2. The molecule has 2 aromatic rings. The molecule has 0 atom stereocenters. The van der Waals surface area contributed by atoms with E-state index in [0.717, 1.165) is 15.6 Å². The second-order valence-corrected chi connectivity index (χ2v) is 6.82. The summed E-state index contributed by atoms with van der Waals surface area (Å²) in [5, 5.41) is 2.89. The topological polar surface area (TPSA) is 64.6 Å². The molecule has 0 aliphatic heterocycles. The van der Waals surface area contributed by atoms with E-state index in [9.17, 15) is 9.59 Å². The Morgan fingerprint density at radius 1 is 1.15 bits per heavy atom. The molecular formula is C19H19BrClNO4. The highest BCUT2D eigenvalue weighted by molar-refractivity contribution is 9.10. The SMILES string of the molecule is CCOC(=O)c1ccc(NC(=O)COc2cc(C)c(Br)c(C)c2)cc1Cl. The number of rotatable bonds is 6. The van der Waals surface area contributed by atoms with Gasteiger partial charge in [0.2, 0.25) is 0 Å². The normalized spacial score (nSPS) is 10.3. The molecule has 7 heteroatoms. The van der Waals surface area contributed by atoms with Gasteiger partial charge in [0.25, 0.3) is 5.91 Å². The molecule has 0 bridgehead atoms. The van der Waals surface area contributed by atoms with Crippen LogP contribution in [0.25, 0.3) is 0 Å². The molecule has 2 rings (SSSR count). The number of carbonyl (C=O) groups is 2. The number of hydrogen-bond donors (Lipinski definition) is 1. The van der Waals surface area contributed by atoms with Crippen LogP contribution in [-0.2, 0) is 9.53 Å². The van der Waals surface area contributed by atoms with E-state index in [2.05, 4.69) is 21.2 Å². The Bertz CT molecular complexity index is 815. The molecule has 0 aliphatic rings. The molecule has 0 unspecified atom stereocenters. The van der Waals surface area contributed by atoms with Crippen molar-refractivity contribution in [1.29, 1.82) is 0 Å². The molecule has 1 amide bonds. The smallest absolute Gasteiger partial charge is 0.339 e. The highest BCUT2D eigenvalue weighted by atomic mass is 79.9. The summed E-state index contributed by atoms with van der Waals surface area (Å²) in [6.45, 7) is 5.75. The summed E-state index contributed by atoms with van der Waals surface area (Å²) in [7, 11) is 0. The third-order valence-corrected chi connectivity index (χ3v) is 5.09. The summed E-state index contributed by atoms with van der Waals surface area (Å²) in [6, 6.07) is 8.31. The number of carbonyl (C=O) groups excluding carboxylic acids is 2. The molecule has 26 heavy (non-hydrogen) atoms. The highest BCUT2D eigenvalue weighted by Gasteiger charge is 2.13. The fraction of sp³-hybridized carbons (Fsp3) is 0.263. The van der Waals surface area contributed by atoms with Gasteiger partial charge in [0, 0.05) is 10.2 Å². The van der Waals surface area contributed by atoms with E-state index in [1.54, 1.807) is 13.0 Å². The average molecular weight is 441 g/mol. The van der Waals surface area contributed by atoms with Gasteiger partial charge in [-0.15, -0.1) is 0 Å². The summed E-state index contributed by atoms with van der Waals surface area (Å²) in [5.41, 5.74) is 2.78. The molecule has 138 valence electrons. The maximum absolute atomic E-state index is 12.1. The van der Waals surface area contributed by atoms with Crippen LogP contribution in [0.15, 0.2) is 34.8 Å². The van der Waals surface area contributed by atoms with Crippen molar-refractivity contribution in [2.75, 3.05) is 18.5 Å². The summed E-state index contributed by atoms with van der Waals surface area (Å²) in [5.74, 6) is -0.211. The van der Waals surface area contributed by atoms with Crippen LogP contribution < -0.4 is 10.1 Å². The third-order valence-electron chi connectivity index (χ3n) is 3.53. The molecular weight excluding hydrogens is 422 g/mol. The third kappa shape index (κ3) is 5.22. The Morgan fingerprint density at radius 3 is 2.38 bits per heavy atom. The Labute approximate surface area is 165 Å². The van der Waals surface area contributed by atoms with Gasteiger partial charge in [-0.25, -0.2) is 4.79 Å². The monoisotopic (exact) mass is 439 g/mol. The fourth-order valence-electron chi connectivity index (χ4n) is 2.30. The number of hydrogen-bond acceptors (Lipinski definition) is 4. The molecule has 2 aromatic carbocycles. The first-order chi connectivity index (χ1) is 12.3. The van der Waals surface area contributed by atoms with Gasteiger partial charge in [-0.05, 0) is 62.2 Å². The van der Waals surface area contributed by atoms with Gasteiger partial charge in [-0.3, -0.25) is 4.79 Å². The zero-order valence-corrected chi connectivity index (χ0v) is 17.0.